The Kier molecular flexibility index (Phi) is 7.90. The lowest BCUT2D eigenvalue weighted by molar-refractivity contribution is -0.137. The van der Waals surface area contributed by atoms with Gasteiger partial charge in [-0.3, -0.25) is 4.79 Å². The number of carboxylic acids is 1. The quantitative estimate of drug-likeness (QED) is 0.604. The first-order valence-electron chi connectivity index (χ1n) is 9.48. The Morgan fingerprint density at radius 2 is 1.77 bits per heavy atom. The van der Waals surface area contributed by atoms with Gasteiger partial charge in [-0.2, -0.15) is 8.78 Å². The van der Waals surface area contributed by atoms with E-state index in [-0.39, 0.29) is 17.5 Å². The highest BCUT2D eigenvalue weighted by molar-refractivity contribution is 5.73. The number of alkyl carbamates (subject to hydrolysis) is 1. The highest BCUT2D eigenvalue weighted by Gasteiger charge is 2.25. The largest absolute Gasteiger partial charge is 0.481 e. The summed E-state index contributed by atoms with van der Waals surface area (Å²) >= 11 is 0. The molecule has 0 fully saturated rings. The van der Waals surface area contributed by atoms with Crippen molar-refractivity contribution >= 4 is 12.1 Å². The fourth-order valence-electron chi connectivity index (χ4n) is 3.00. The van der Waals surface area contributed by atoms with Gasteiger partial charge in [0.15, 0.2) is 0 Å². The predicted octanol–water partition coefficient (Wildman–Crippen LogP) is 5.00. The average molecular weight is 439 g/mol. The van der Waals surface area contributed by atoms with Crippen molar-refractivity contribution in [2.75, 3.05) is 0 Å². The maximum Gasteiger partial charge on any atom is 0.407 e. The van der Waals surface area contributed by atoms with Crippen LogP contribution >= 0.6 is 0 Å². The molecule has 0 saturated heterocycles. The molecule has 0 aliphatic rings. The number of rotatable bonds is 8. The van der Waals surface area contributed by atoms with Crippen molar-refractivity contribution in [3.05, 3.63) is 53.8 Å². The van der Waals surface area contributed by atoms with E-state index in [2.05, 4.69) is 10.1 Å². The van der Waals surface area contributed by atoms with E-state index in [0.717, 1.165) is 12.1 Å². The number of hydrogen-bond acceptors (Lipinski definition) is 4. The van der Waals surface area contributed by atoms with Crippen molar-refractivity contribution in [1.29, 1.82) is 0 Å². The summed E-state index contributed by atoms with van der Waals surface area (Å²) in [5, 5.41) is 11.7. The summed E-state index contributed by atoms with van der Waals surface area (Å²) in [6, 6.07) is 9.33. The van der Waals surface area contributed by atoms with Gasteiger partial charge in [0, 0.05) is 17.7 Å². The number of ether oxygens (including phenoxy) is 2. The lowest BCUT2D eigenvalue weighted by Crippen LogP contribution is -2.41. The van der Waals surface area contributed by atoms with Crippen LogP contribution in [0.1, 0.15) is 32.8 Å². The maximum absolute atomic E-state index is 14.2. The van der Waals surface area contributed by atoms with Gasteiger partial charge in [-0.15, -0.1) is 0 Å². The highest BCUT2D eigenvalue weighted by atomic mass is 19.3. The van der Waals surface area contributed by atoms with E-state index in [1.807, 2.05) is 0 Å². The van der Waals surface area contributed by atoms with Gasteiger partial charge < -0.3 is 19.9 Å². The third-order valence-electron chi connectivity index (χ3n) is 4.07. The van der Waals surface area contributed by atoms with Crippen molar-refractivity contribution in [2.24, 2.45) is 0 Å². The Morgan fingerprint density at radius 3 is 2.32 bits per heavy atom. The number of carbonyl (C=O) groups is 2. The zero-order valence-corrected chi connectivity index (χ0v) is 17.3. The molecule has 2 rings (SSSR count). The summed E-state index contributed by atoms with van der Waals surface area (Å²) in [4.78, 5) is 23.5. The van der Waals surface area contributed by atoms with Gasteiger partial charge in [-0.1, -0.05) is 30.3 Å². The number of alkyl halides is 2. The first-order valence-corrected chi connectivity index (χ1v) is 9.48. The second-order valence-corrected chi connectivity index (χ2v) is 7.82. The van der Waals surface area contributed by atoms with Crippen LogP contribution in [0.5, 0.6) is 5.75 Å². The van der Waals surface area contributed by atoms with E-state index in [1.54, 1.807) is 51.1 Å². The SMILES string of the molecule is CC(C)(C)OC(=O)N[C@@H](CC(=O)O)Cc1c(OC(F)F)cc(F)cc1-c1ccccc1. The Bertz CT molecular complexity index is 913. The standard InChI is InChI=1S/C22H24F3NO5/c1-22(2,3)31-21(29)26-15(12-19(27)28)11-17-16(13-7-5-4-6-8-13)9-14(23)10-18(17)30-20(24)25/h4-10,15,20H,11-12H2,1-3H3,(H,26,29)(H,27,28)/t15-/m1/s1. The van der Waals surface area contributed by atoms with E-state index in [0.29, 0.717) is 5.56 Å². The van der Waals surface area contributed by atoms with Crippen molar-refractivity contribution in [3.63, 3.8) is 0 Å². The van der Waals surface area contributed by atoms with Crippen LogP contribution in [-0.4, -0.2) is 35.4 Å². The number of halogens is 3. The van der Waals surface area contributed by atoms with Gasteiger partial charge in [0.2, 0.25) is 0 Å². The molecule has 0 saturated carbocycles. The van der Waals surface area contributed by atoms with E-state index in [1.165, 1.54) is 0 Å². The third kappa shape index (κ3) is 7.84. The molecule has 0 aliphatic heterocycles. The number of amides is 1. The second kappa shape index (κ2) is 10.2. The van der Waals surface area contributed by atoms with Crippen LogP contribution in [-0.2, 0) is 16.0 Å². The minimum Gasteiger partial charge on any atom is -0.481 e. The van der Waals surface area contributed by atoms with Crippen LogP contribution in [0.4, 0.5) is 18.0 Å². The van der Waals surface area contributed by atoms with Gasteiger partial charge in [-0.05, 0) is 44.4 Å². The van der Waals surface area contributed by atoms with Gasteiger partial charge in [0.1, 0.15) is 17.2 Å². The average Bonchev–Trinajstić information content (AvgIpc) is 2.61. The first-order chi connectivity index (χ1) is 14.4. The zero-order chi connectivity index (χ0) is 23.2. The predicted molar refractivity (Wildman–Crippen MR) is 108 cm³/mol. The zero-order valence-electron chi connectivity index (χ0n) is 17.3. The Morgan fingerprint density at radius 1 is 1.13 bits per heavy atom. The van der Waals surface area contributed by atoms with Crippen LogP contribution in [0.2, 0.25) is 0 Å². The summed E-state index contributed by atoms with van der Waals surface area (Å²) in [6.45, 7) is 1.70. The van der Waals surface area contributed by atoms with E-state index >= 15 is 0 Å². The molecule has 6 nitrogen and oxygen atoms in total. The molecule has 1 atom stereocenters. The van der Waals surface area contributed by atoms with Crippen molar-refractivity contribution in [1.82, 2.24) is 5.32 Å². The molecule has 2 N–H and O–H groups in total. The summed E-state index contributed by atoms with van der Waals surface area (Å²) in [6.07, 6.45) is -1.59. The van der Waals surface area contributed by atoms with E-state index in [4.69, 9.17) is 4.74 Å². The molecular formula is C22H24F3NO5. The lowest BCUT2D eigenvalue weighted by Gasteiger charge is -2.24. The molecule has 0 spiro atoms. The van der Waals surface area contributed by atoms with Crippen LogP contribution in [0, 0.1) is 5.82 Å². The molecule has 0 unspecified atom stereocenters. The molecule has 0 aromatic heterocycles. The molecule has 168 valence electrons. The number of nitrogens with one attached hydrogen (secondary N) is 1. The lowest BCUT2D eigenvalue weighted by atomic mass is 9.93. The Hall–Kier alpha value is -3.23. The van der Waals surface area contributed by atoms with Crippen molar-refractivity contribution in [3.8, 4) is 16.9 Å². The summed E-state index contributed by atoms with van der Waals surface area (Å²) in [5.74, 6) is -2.45. The number of aliphatic carboxylic acids is 1. The molecule has 31 heavy (non-hydrogen) atoms. The minimum absolute atomic E-state index is 0.134. The molecule has 1 amide bonds. The molecule has 2 aromatic rings. The summed E-state index contributed by atoms with van der Waals surface area (Å²) in [5.41, 5.74) is 0.0719. The van der Waals surface area contributed by atoms with E-state index < -0.39 is 48.3 Å². The molecular weight excluding hydrogens is 415 g/mol. The van der Waals surface area contributed by atoms with Gasteiger partial charge in [0.05, 0.1) is 6.42 Å². The van der Waals surface area contributed by atoms with Crippen molar-refractivity contribution in [2.45, 2.75) is 51.9 Å². The molecule has 2 aromatic carbocycles. The van der Waals surface area contributed by atoms with Crippen LogP contribution in [0.3, 0.4) is 0 Å². The van der Waals surface area contributed by atoms with Crippen LogP contribution < -0.4 is 10.1 Å². The topological polar surface area (TPSA) is 84.9 Å². The molecule has 0 aliphatic carbocycles. The molecule has 0 bridgehead atoms. The Balaban J connectivity index is 2.48. The number of benzene rings is 2. The second-order valence-electron chi connectivity index (χ2n) is 7.82. The highest BCUT2D eigenvalue weighted by Crippen LogP contribution is 2.34. The van der Waals surface area contributed by atoms with Gasteiger partial charge in [0.25, 0.3) is 0 Å². The fourth-order valence-corrected chi connectivity index (χ4v) is 3.00. The monoisotopic (exact) mass is 439 g/mol. The first kappa shape index (κ1) is 24.0. The normalized spacial score (nSPS) is 12.4. The van der Waals surface area contributed by atoms with Gasteiger partial charge >= 0.3 is 18.7 Å². The maximum atomic E-state index is 14.2. The molecule has 0 heterocycles. The third-order valence-corrected chi connectivity index (χ3v) is 4.07. The fraction of sp³-hybridized carbons (Fsp3) is 0.364. The summed E-state index contributed by atoms with van der Waals surface area (Å²) < 4.78 is 49.8. The summed E-state index contributed by atoms with van der Waals surface area (Å²) in [7, 11) is 0. The Labute approximate surface area is 178 Å². The number of hydrogen-bond donors (Lipinski definition) is 2. The molecule has 0 radical (unpaired) electrons. The smallest absolute Gasteiger partial charge is 0.407 e. The minimum atomic E-state index is -3.22. The van der Waals surface area contributed by atoms with Gasteiger partial charge in [-0.25, -0.2) is 9.18 Å². The number of carbonyl (C=O) groups excluding carboxylic acids is 1. The van der Waals surface area contributed by atoms with Crippen molar-refractivity contribution < 1.29 is 37.3 Å². The van der Waals surface area contributed by atoms with E-state index in [9.17, 15) is 27.9 Å². The van der Waals surface area contributed by atoms with Crippen LogP contribution in [0.25, 0.3) is 11.1 Å². The molecule has 9 heteroatoms. The number of carboxylic acid groups (broad SMARTS) is 1. The van der Waals surface area contributed by atoms with Crippen LogP contribution in [0.15, 0.2) is 42.5 Å².